The Hall–Kier alpha value is -2.75. The Morgan fingerprint density at radius 2 is 1.88 bits per heavy atom. The second kappa shape index (κ2) is 5.66. The molecule has 2 aromatic rings. The molecule has 2 heterocycles. The average molecular weight is 336 g/mol. The predicted octanol–water partition coefficient (Wildman–Crippen LogP) is 4.42. The van der Waals surface area contributed by atoms with Crippen LogP contribution in [0.25, 0.3) is 6.08 Å². The van der Waals surface area contributed by atoms with Gasteiger partial charge < -0.3 is 14.2 Å². The number of carbonyl (C=O) groups excluding carboxylic acids is 1. The average Bonchev–Trinajstić information content (AvgIpc) is 2.88. The minimum Gasteiger partial charge on any atom is -0.497 e. The van der Waals surface area contributed by atoms with Gasteiger partial charge in [0.25, 0.3) is 0 Å². The standard InChI is InChI=1S/C21H20O4/c1-21(2)9-8-14-11-16-18(12-17(14)25-21)24-19(20(16)22)10-13-4-6-15(23-3)7-5-13/h4-7,10-12H,8-9H2,1-3H3/b19-10+. The Morgan fingerprint density at radius 1 is 1.12 bits per heavy atom. The highest BCUT2D eigenvalue weighted by atomic mass is 16.5. The van der Waals surface area contributed by atoms with Gasteiger partial charge in [0.05, 0.1) is 12.7 Å². The first-order valence-corrected chi connectivity index (χ1v) is 8.39. The van der Waals surface area contributed by atoms with Crippen LogP contribution in [0.1, 0.15) is 41.8 Å². The third-order valence-corrected chi connectivity index (χ3v) is 4.65. The molecular weight excluding hydrogens is 316 g/mol. The van der Waals surface area contributed by atoms with Gasteiger partial charge >= 0.3 is 0 Å². The molecule has 4 nitrogen and oxygen atoms in total. The lowest BCUT2D eigenvalue weighted by Gasteiger charge is -2.32. The lowest BCUT2D eigenvalue weighted by atomic mass is 9.92. The number of hydrogen-bond donors (Lipinski definition) is 0. The fraction of sp³-hybridized carbons (Fsp3) is 0.286. The minimum atomic E-state index is -0.189. The van der Waals surface area contributed by atoms with Gasteiger partial charge in [-0.2, -0.15) is 0 Å². The quantitative estimate of drug-likeness (QED) is 0.762. The molecule has 0 atom stereocenters. The molecule has 0 saturated carbocycles. The summed E-state index contributed by atoms with van der Waals surface area (Å²) in [6.07, 6.45) is 3.59. The number of aryl methyl sites for hydroxylation is 1. The third kappa shape index (κ3) is 2.88. The SMILES string of the molecule is COc1ccc(/C=C2/Oc3cc4c(cc3C2=O)CCC(C)(C)O4)cc1. The summed E-state index contributed by atoms with van der Waals surface area (Å²) in [5, 5.41) is 0. The van der Waals surface area contributed by atoms with Crippen LogP contribution in [0.4, 0.5) is 0 Å². The molecule has 0 aliphatic carbocycles. The number of Topliss-reactive ketones (excluding diaryl/α,β-unsaturated/α-hetero) is 1. The van der Waals surface area contributed by atoms with E-state index in [9.17, 15) is 4.79 Å². The van der Waals surface area contributed by atoms with Crippen molar-refractivity contribution in [3.05, 3.63) is 58.8 Å². The molecule has 2 aliphatic heterocycles. The van der Waals surface area contributed by atoms with Crippen LogP contribution in [-0.2, 0) is 6.42 Å². The van der Waals surface area contributed by atoms with Crippen molar-refractivity contribution in [2.24, 2.45) is 0 Å². The molecule has 0 N–H and O–H groups in total. The maximum absolute atomic E-state index is 12.7. The van der Waals surface area contributed by atoms with E-state index in [-0.39, 0.29) is 11.4 Å². The Balaban J connectivity index is 1.66. The first-order valence-electron chi connectivity index (χ1n) is 8.39. The van der Waals surface area contributed by atoms with Crippen LogP contribution in [0, 0.1) is 0 Å². The largest absolute Gasteiger partial charge is 0.497 e. The highest BCUT2D eigenvalue weighted by Gasteiger charge is 2.33. The number of rotatable bonds is 2. The highest BCUT2D eigenvalue weighted by Crippen LogP contribution is 2.41. The number of allylic oxidation sites excluding steroid dienone is 1. The molecule has 0 amide bonds. The summed E-state index contributed by atoms with van der Waals surface area (Å²) in [6, 6.07) is 11.3. The van der Waals surface area contributed by atoms with Crippen LogP contribution in [0.15, 0.2) is 42.2 Å². The maximum atomic E-state index is 12.7. The van der Waals surface area contributed by atoms with E-state index in [4.69, 9.17) is 14.2 Å². The van der Waals surface area contributed by atoms with Gasteiger partial charge in [-0.15, -0.1) is 0 Å². The van der Waals surface area contributed by atoms with Crippen molar-refractivity contribution in [1.82, 2.24) is 0 Å². The molecule has 0 spiro atoms. The van der Waals surface area contributed by atoms with Crippen molar-refractivity contribution in [2.75, 3.05) is 7.11 Å². The normalized spacial score (nSPS) is 19.0. The van der Waals surface area contributed by atoms with Crippen molar-refractivity contribution in [1.29, 1.82) is 0 Å². The highest BCUT2D eigenvalue weighted by molar-refractivity contribution is 6.14. The molecule has 4 heteroatoms. The van der Waals surface area contributed by atoms with Crippen molar-refractivity contribution in [3.63, 3.8) is 0 Å². The molecule has 0 saturated heterocycles. The Bertz CT molecular complexity index is 876. The number of ether oxygens (including phenoxy) is 3. The smallest absolute Gasteiger partial charge is 0.231 e. The lowest BCUT2D eigenvalue weighted by molar-refractivity contribution is 0.0844. The minimum absolute atomic E-state index is 0.0848. The Morgan fingerprint density at radius 3 is 2.60 bits per heavy atom. The van der Waals surface area contributed by atoms with Crippen LogP contribution >= 0.6 is 0 Å². The fourth-order valence-electron chi connectivity index (χ4n) is 3.19. The summed E-state index contributed by atoms with van der Waals surface area (Å²) >= 11 is 0. The van der Waals surface area contributed by atoms with E-state index in [0.29, 0.717) is 17.1 Å². The zero-order valence-corrected chi connectivity index (χ0v) is 14.6. The van der Waals surface area contributed by atoms with Crippen molar-refractivity contribution < 1.29 is 19.0 Å². The third-order valence-electron chi connectivity index (χ3n) is 4.65. The second-order valence-corrected chi connectivity index (χ2v) is 7.03. The predicted molar refractivity (Wildman–Crippen MR) is 95.4 cm³/mol. The number of methoxy groups -OCH3 is 1. The fourth-order valence-corrected chi connectivity index (χ4v) is 3.19. The van der Waals surface area contributed by atoms with E-state index in [2.05, 4.69) is 13.8 Å². The molecule has 0 aromatic heterocycles. The number of hydrogen-bond acceptors (Lipinski definition) is 4. The zero-order chi connectivity index (χ0) is 17.6. The van der Waals surface area contributed by atoms with E-state index in [1.54, 1.807) is 13.2 Å². The molecular formula is C21H20O4. The summed E-state index contributed by atoms with van der Waals surface area (Å²) in [5.41, 5.74) is 2.38. The number of ketones is 1. The first-order chi connectivity index (χ1) is 11.9. The summed E-state index contributed by atoms with van der Waals surface area (Å²) in [6.45, 7) is 4.15. The summed E-state index contributed by atoms with van der Waals surface area (Å²) in [4.78, 5) is 12.7. The summed E-state index contributed by atoms with van der Waals surface area (Å²) in [7, 11) is 1.62. The second-order valence-electron chi connectivity index (χ2n) is 7.03. The van der Waals surface area contributed by atoms with Crippen molar-refractivity contribution >= 4 is 11.9 Å². The van der Waals surface area contributed by atoms with Crippen molar-refractivity contribution in [3.8, 4) is 17.2 Å². The van der Waals surface area contributed by atoms with Gasteiger partial charge in [-0.3, -0.25) is 4.79 Å². The van der Waals surface area contributed by atoms with Crippen LogP contribution in [0.5, 0.6) is 17.2 Å². The summed E-state index contributed by atoms with van der Waals surface area (Å²) < 4.78 is 17.0. The molecule has 4 rings (SSSR count). The number of carbonyl (C=O) groups is 1. The number of fused-ring (bicyclic) bond motifs is 2. The van der Waals surface area contributed by atoms with Crippen LogP contribution in [0.3, 0.4) is 0 Å². The monoisotopic (exact) mass is 336 g/mol. The molecule has 0 unspecified atom stereocenters. The molecule has 2 aliphatic rings. The Labute approximate surface area is 147 Å². The van der Waals surface area contributed by atoms with Gasteiger partial charge in [-0.1, -0.05) is 12.1 Å². The molecule has 0 fully saturated rings. The van der Waals surface area contributed by atoms with Gasteiger partial charge in [0, 0.05) is 6.07 Å². The van der Waals surface area contributed by atoms with Crippen LogP contribution in [-0.4, -0.2) is 18.5 Å². The van der Waals surface area contributed by atoms with Gasteiger partial charge in [0.15, 0.2) is 5.76 Å². The summed E-state index contributed by atoms with van der Waals surface area (Å²) in [5.74, 6) is 2.41. The maximum Gasteiger partial charge on any atom is 0.231 e. The first kappa shape index (κ1) is 15.8. The zero-order valence-electron chi connectivity index (χ0n) is 14.6. The van der Waals surface area contributed by atoms with E-state index >= 15 is 0 Å². The van der Waals surface area contributed by atoms with E-state index < -0.39 is 0 Å². The van der Waals surface area contributed by atoms with Crippen LogP contribution in [0.2, 0.25) is 0 Å². The molecule has 2 aromatic carbocycles. The molecule has 0 radical (unpaired) electrons. The van der Waals surface area contributed by atoms with Crippen LogP contribution < -0.4 is 14.2 Å². The van der Waals surface area contributed by atoms with Crippen molar-refractivity contribution in [2.45, 2.75) is 32.3 Å². The van der Waals surface area contributed by atoms with E-state index in [1.807, 2.05) is 36.4 Å². The van der Waals surface area contributed by atoms with E-state index in [1.165, 1.54) is 0 Å². The molecule has 25 heavy (non-hydrogen) atoms. The van der Waals surface area contributed by atoms with Gasteiger partial charge in [-0.05, 0) is 62.1 Å². The van der Waals surface area contributed by atoms with Gasteiger partial charge in [0.1, 0.15) is 22.8 Å². The topological polar surface area (TPSA) is 44.8 Å². The Kier molecular flexibility index (Phi) is 3.57. The molecule has 128 valence electrons. The lowest BCUT2D eigenvalue weighted by Crippen LogP contribution is -2.32. The molecule has 0 bridgehead atoms. The van der Waals surface area contributed by atoms with Gasteiger partial charge in [-0.25, -0.2) is 0 Å². The number of benzene rings is 2. The van der Waals surface area contributed by atoms with Gasteiger partial charge in [0.2, 0.25) is 5.78 Å². The van der Waals surface area contributed by atoms with E-state index in [0.717, 1.165) is 35.5 Å².